The van der Waals surface area contributed by atoms with Crippen molar-refractivity contribution in [3.8, 4) is 0 Å². The van der Waals surface area contributed by atoms with Gasteiger partial charge in [0.25, 0.3) is 0 Å². The second-order valence-corrected chi connectivity index (χ2v) is 5.28. The second kappa shape index (κ2) is 5.77. The third-order valence-corrected chi connectivity index (χ3v) is 3.71. The minimum absolute atomic E-state index is 0.0331. The van der Waals surface area contributed by atoms with E-state index >= 15 is 0 Å². The number of benzene rings is 1. The molecule has 0 unspecified atom stereocenters. The van der Waals surface area contributed by atoms with Gasteiger partial charge in [-0.2, -0.15) is 0 Å². The SMILES string of the molecule is O=C(Nc1ccc(F)cc1I)[C@H]1CCCCN1. The van der Waals surface area contributed by atoms with E-state index in [1.165, 1.54) is 12.1 Å². The Hall–Kier alpha value is -0.690. The third kappa shape index (κ3) is 3.38. The van der Waals surface area contributed by atoms with Gasteiger partial charge in [-0.1, -0.05) is 6.42 Å². The number of anilines is 1. The Morgan fingerprint density at radius 1 is 1.47 bits per heavy atom. The fourth-order valence-corrected chi connectivity index (χ4v) is 2.50. The summed E-state index contributed by atoms with van der Waals surface area (Å²) in [5.74, 6) is -0.322. The van der Waals surface area contributed by atoms with Crippen LogP contribution in [-0.2, 0) is 4.79 Å². The first-order valence-corrected chi connectivity index (χ1v) is 6.74. The van der Waals surface area contributed by atoms with Crippen molar-refractivity contribution in [2.45, 2.75) is 25.3 Å². The second-order valence-electron chi connectivity index (χ2n) is 4.12. The van der Waals surface area contributed by atoms with E-state index in [9.17, 15) is 9.18 Å². The lowest BCUT2D eigenvalue weighted by molar-refractivity contribution is -0.118. The van der Waals surface area contributed by atoms with E-state index in [4.69, 9.17) is 0 Å². The average Bonchev–Trinajstić information content (AvgIpc) is 2.34. The number of carbonyl (C=O) groups is 1. The summed E-state index contributed by atoms with van der Waals surface area (Å²) in [5.41, 5.74) is 0.671. The molecule has 5 heteroatoms. The molecule has 3 nitrogen and oxygen atoms in total. The van der Waals surface area contributed by atoms with Crippen LogP contribution in [0.15, 0.2) is 18.2 Å². The van der Waals surface area contributed by atoms with E-state index in [1.54, 1.807) is 6.07 Å². The van der Waals surface area contributed by atoms with Gasteiger partial charge in [0.15, 0.2) is 0 Å². The summed E-state index contributed by atoms with van der Waals surface area (Å²) in [6, 6.07) is 4.23. The fraction of sp³-hybridized carbons (Fsp3) is 0.417. The van der Waals surface area contributed by atoms with Crippen LogP contribution in [0.1, 0.15) is 19.3 Å². The average molecular weight is 348 g/mol. The van der Waals surface area contributed by atoms with E-state index in [2.05, 4.69) is 10.6 Å². The van der Waals surface area contributed by atoms with Crippen molar-refractivity contribution in [2.24, 2.45) is 0 Å². The molecule has 2 rings (SSSR count). The lowest BCUT2D eigenvalue weighted by Crippen LogP contribution is -2.43. The van der Waals surface area contributed by atoms with Crippen molar-refractivity contribution in [2.75, 3.05) is 11.9 Å². The molecule has 0 aromatic heterocycles. The molecule has 92 valence electrons. The highest BCUT2D eigenvalue weighted by atomic mass is 127. The summed E-state index contributed by atoms with van der Waals surface area (Å²) in [7, 11) is 0. The number of piperidine rings is 1. The lowest BCUT2D eigenvalue weighted by atomic mass is 10.0. The molecular weight excluding hydrogens is 334 g/mol. The number of amides is 1. The van der Waals surface area contributed by atoms with Crippen molar-refractivity contribution < 1.29 is 9.18 Å². The molecule has 1 aromatic carbocycles. The Labute approximate surface area is 113 Å². The molecule has 0 aliphatic carbocycles. The quantitative estimate of drug-likeness (QED) is 0.807. The summed E-state index contributed by atoms with van der Waals surface area (Å²) < 4.78 is 13.6. The largest absolute Gasteiger partial charge is 0.324 e. The predicted octanol–water partition coefficient (Wildman–Crippen LogP) is 2.51. The molecule has 17 heavy (non-hydrogen) atoms. The standard InChI is InChI=1S/C12H14FIN2O/c13-8-4-5-10(9(14)7-8)16-12(17)11-3-1-2-6-15-11/h4-5,7,11,15H,1-3,6H2,(H,16,17)/t11-/m1/s1. The van der Waals surface area contributed by atoms with Crippen molar-refractivity contribution in [3.05, 3.63) is 27.6 Å². The molecule has 1 aliphatic rings. The van der Waals surface area contributed by atoms with E-state index < -0.39 is 0 Å². The van der Waals surface area contributed by atoms with Crippen LogP contribution < -0.4 is 10.6 Å². The zero-order valence-electron chi connectivity index (χ0n) is 9.30. The van der Waals surface area contributed by atoms with Crippen molar-refractivity contribution in [1.29, 1.82) is 0 Å². The highest BCUT2D eigenvalue weighted by molar-refractivity contribution is 14.1. The predicted molar refractivity (Wildman–Crippen MR) is 73.4 cm³/mol. The van der Waals surface area contributed by atoms with Crippen LogP contribution >= 0.6 is 22.6 Å². The van der Waals surface area contributed by atoms with Crippen molar-refractivity contribution in [1.82, 2.24) is 5.32 Å². The van der Waals surface area contributed by atoms with Gasteiger partial charge in [0.05, 0.1) is 11.7 Å². The number of rotatable bonds is 2. The molecule has 1 heterocycles. The molecule has 2 N–H and O–H groups in total. The van der Waals surface area contributed by atoms with Crippen molar-refractivity contribution >= 4 is 34.2 Å². The fourth-order valence-electron chi connectivity index (χ4n) is 1.89. The topological polar surface area (TPSA) is 41.1 Å². The lowest BCUT2D eigenvalue weighted by Gasteiger charge is -2.22. The molecule has 0 radical (unpaired) electrons. The Balaban J connectivity index is 2.02. The molecule has 1 atom stereocenters. The highest BCUT2D eigenvalue weighted by Crippen LogP contribution is 2.20. The Bertz CT molecular complexity index is 419. The van der Waals surface area contributed by atoms with Crippen LogP contribution in [0.3, 0.4) is 0 Å². The molecule has 1 saturated heterocycles. The number of halogens is 2. The van der Waals surface area contributed by atoms with Crippen LogP contribution in [-0.4, -0.2) is 18.5 Å². The minimum Gasteiger partial charge on any atom is -0.324 e. The van der Waals surface area contributed by atoms with Gasteiger partial charge in [-0.05, 0) is 60.2 Å². The number of nitrogens with one attached hydrogen (secondary N) is 2. The van der Waals surface area contributed by atoms with Crippen LogP contribution in [0.25, 0.3) is 0 Å². The van der Waals surface area contributed by atoms with Gasteiger partial charge in [0, 0.05) is 3.57 Å². The minimum atomic E-state index is -0.289. The Morgan fingerprint density at radius 2 is 2.29 bits per heavy atom. The zero-order chi connectivity index (χ0) is 12.3. The molecule has 0 saturated carbocycles. The van der Waals surface area contributed by atoms with E-state index in [-0.39, 0.29) is 17.8 Å². The maximum absolute atomic E-state index is 12.9. The molecule has 1 fully saturated rings. The summed E-state index contributed by atoms with van der Waals surface area (Å²) in [5, 5.41) is 6.01. The summed E-state index contributed by atoms with van der Waals surface area (Å²) >= 11 is 2.02. The van der Waals surface area contributed by atoms with Gasteiger partial charge in [-0.3, -0.25) is 4.79 Å². The maximum Gasteiger partial charge on any atom is 0.241 e. The van der Waals surface area contributed by atoms with E-state index in [0.29, 0.717) is 9.26 Å². The zero-order valence-corrected chi connectivity index (χ0v) is 11.5. The number of hydrogen-bond donors (Lipinski definition) is 2. The molecular formula is C12H14FIN2O. The summed E-state index contributed by atoms with van der Waals surface area (Å²) in [4.78, 5) is 11.9. The van der Waals surface area contributed by atoms with Gasteiger partial charge >= 0.3 is 0 Å². The Kier molecular flexibility index (Phi) is 4.33. The molecule has 0 bridgehead atoms. The maximum atomic E-state index is 12.9. The van der Waals surface area contributed by atoms with Gasteiger partial charge in [-0.15, -0.1) is 0 Å². The van der Waals surface area contributed by atoms with Gasteiger partial charge in [0.2, 0.25) is 5.91 Å². The van der Waals surface area contributed by atoms with Gasteiger partial charge < -0.3 is 10.6 Å². The van der Waals surface area contributed by atoms with Crippen molar-refractivity contribution in [3.63, 3.8) is 0 Å². The first-order valence-electron chi connectivity index (χ1n) is 5.66. The third-order valence-electron chi connectivity index (χ3n) is 2.82. The summed E-state index contributed by atoms with van der Waals surface area (Å²) in [6.07, 6.45) is 3.06. The molecule has 0 spiro atoms. The monoisotopic (exact) mass is 348 g/mol. The van der Waals surface area contributed by atoms with Gasteiger partial charge in [-0.25, -0.2) is 4.39 Å². The van der Waals surface area contributed by atoms with Crippen LogP contribution in [0.5, 0.6) is 0 Å². The number of hydrogen-bond acceptors (Lipinski definition) is 2. The van der Waals surface area contributed by atoms with Crippen LogP contribution in [0, 0.1) is 9.39 Å². The summed E-state index contributed by atoms with van der Waals surface area (Å²) in [6.45, 7) is 0.887. The molecule has 1 aliphatic heterocycles. The van der Waals surface area contributed by atoms with Crippen LogP contribution in [0.2, 0.25) is 0 Å². The molecule has 1 aromatic rings. The Morgan fingerprint density at radius 3 is 2.94 bits per heavy atom. The van der Waals surface area contributed by atoms with Gasteiger partial charge in [0.1, 0.15) is 5.82 Å². The van der Waals surface area contributed by atoms with Crippen LogP contribution in [0.4, 0.5) is 10.1 Å². The van der Waals surface area contributed by atoms with E-state index in [0.717, 1.165) is 25.8 Å². The van der Waals surface area contributed by atoms with E-state index in [1.807, 2.05) is 22.6 Å². The first-order chi connectivity index (χ1) is 8.16. The smallest absolute Gasteiger partial charge is 0.241 e. The first kappa shape index (κ1) is 12.8. The highest BCUT2D eigenvalue weighted by Gasteiger charge is 2.20. The number of carbonyl (C=O) groups excluding carboxylic acids is 1. The molecule has 1 amide bonds. The normalized spacial score (nSPS) is 20.0.